The molecule has 0 radical (unpaired) electrons. The molecule has 0 saturated carbocycles. The SMILES string of the molecule is Cc1ccc(N(CCc2ccccc2F)C(=O)[C@@H](N)c2ccccc2)cc1C.Cl. The lowest BCUT2D eigenvalue weighted by Gasteiger charge is -2.27. The lowest BCUT2D eigenvalue weighted by Crippen LogP contribution is -2.40. The van der Waals surface area contributed by atoms with E-state index in [1.165, 1.54) is 6.07 Å². The van der Waals surface area contributed by atoms with Crippen LogP contribution in [0, 0.1) is 19.7 Å². The maximum atomic E-state index is 14.1. The van der Waals surface area contributed by atoms with E-state index < -0.39 is 6.04 Å². The van der Waals surface area contributed by atoms with Crippen molar-refractivity contribution in [3.8, 4) is 0 Å². The fraction of sp³-hybridized carbons (Fsp3) is 0.208. The van der Waals surface area contributed by atoms with Crippen LogP contribution < -0.4 is 10.6 Å². The summed E-state index contributed by atoms with van der Waals surface area (Å²) in [6, 6.07) is 21.1. The Morgan fingerprint density at radius 1 is 0.966 bits per heavy atom. The zero-order valence-corrected chi connectivity index (χ0v) is 17.5. The van der Waals surface area contributed by atoms with Crippen LogP contribution >= 0.6 is 12.4 Å². The molecule has 0 bridgehead atoms. The van der Waals surface area contributed by atoms with Gasteiger partial charge >= 0.3 is 0 Å². The number of benzene rings is 3. The first kappa shape index (κ1) is 22.6. The van der Waals surface area contributed by atoms with Crippen molar-refractivity contribution >= 4 is 24.0 Å². The van der Waals surface area contributed by atoms with Crippen molar-refractivity contribution in [1.29, 1.82) is 0 Å². The van der Waals surface area contributed by atoms with Crippen LogP contribution in [0.5, 0.6) is 0 Å². The second-order valence-electron chi connectivity index (χ2n) is 6.99. The number of aryl methyl sites for hydroxylation is 2. The normalized spacial score (nSPS) is 11.4. The molecule has 3 rings (SSSR count). The molecular formula is C24H26ClFN2O. The topological polar surface area (TPSA) is 46.3 Å². The predicted molar refractivity (Wildman–Crippen MR) is 119 cm³/mol. The maximum absolute atomic E-state index is 14.1. The van der Waals surface area contributed by atoms with Gasteiger partial charge in [-0.15, -0.1) is 12.4 Å². The highest BCUT2D eigenvalue weighted by Crippen LogP contribution is 2.23. The second kappa shape index (κ2) is 10.2. The van der Waals surface area contributed by atoms with Crippen LogP contribution in [0.25, 0.3) is 0 Å². The van der Waals surface area contributed by atoms with E-state index in [-0.39, 0.29) is 24.1 Å². The minimum Gasteiger partial charge on any atom is -0.316 e. The lowest BCUT2D eigenvalue weighted by molar-refractivity contribution is -0.120. The van der Waals surface area contributed by atoms with Gasteiger partial charge in [-0.25, -0.2) is 4.39 Å². The lowest BCUT2D eigenvalue weighted by atomic mass is 10.0. The van der Waals surface area contributed by atoms with Gasteiger partial charge in [-0.2, -0.15) is 0 Å². The molecule has 0 aliphatic heterocycles. The number of halogens is 2. The second-order valence-corrected chi connectivity index (χ2v) is 6.99. The molecule has 0 heterocycles. The van der Waals surface area contributed by atoms with Gasteiger partial charge in [0.25, 0.3) is 0 Å². The third-order valence-corrected chi connectivity index (χ3v) is 5.06. The number of amides is 1. The van der Waals surface area contributed by atoms with Crippen molar-refractivity contribution in [1.82, 2.24) is 0 Å². The highest BCUT2D eigenvalue weighted by Gasteiger charge is 2.24. The van der Waals surface area contributed by atoms with Gasteiger partial charge in [-0.3, -0.25) is 4.79 Å². The number of anilines is 1. The number of carbonyl (C=O) groups is 1. The van der Waals surface area contributed by atoms with E-state index in [1.54, 1.807) is 23.1 Å². The highest BCUT2D eigenvalue weighted by molar-refractivity contribution is 5.97. The molecular weight excluding hydrogens is 387 g/mol. The largest absolute Gasteiger partial charge is 0.316 e. The van der Waals surface area contributed by atoms with Crippen molar-refractivity contribution in [2.45, 2.75) is 26.3 Å². The summed E-state index contributed by atoms with van der Waals surface area (Å²) in [4.78, 5) is 14.9. The molecule has 2 N–H and O–H groups in total. The van der Waals surface area contributed by atoms with Crippen molar-refractivity contribution in [3.05, 3.63) is 101 Å². The van der Waals surface area contributed by atoms with Crippen LogP contribution in [-0.4, -0.2) is 12.5 Å². The first-order valence-corrected chi connectivity index (χ1v) is 9.40. The van der Waals surface area contributed by atoms with Gasteiger partial charge in [0.05, 0.1) is 0 Å². The van der Waals surface area contributed by atoms with Crippen LogP contribution in [0.15, 0.2) is 72.8 Å². The summed E-state index contributed by atoms with van der Waals surface area (Å²) in [6.07, 6.45) is 0.410. The fourth-order valence-corrected chi connectivity index (χ4v) is 3.16. The quantitative estimate of drug-likeness (QED) is 0.609. The van der Waals surface area contributed by atoms with Gasteiger partial charge in [0.2, 0.25) is 5.91 Å². The monoisotopic (exact) mass is 412 g/mol. The Labute approximate surface area is 177 Å². The molecule has 0 aromatic heterocycles. The van der Waals surface area contributed by atoms with Crippen molar-refractivity contribution < 1.29 is 9.18 Å². The zero-order valence-electron chi connectivity index (χ0n) is 16.6. The van der Waals surface area contributed by atoms with E-state index in [2.05, 4.69) is 0 Å². The Hall–Kier alpha value is -2.69. The van der Waals surface area contributed by atoms with E-state index in [9.17, 15) is 9.18 Å². The Kier molecular flexibility index (Phi) is 7.94. The smallest absolute Gasteiger partial charge is 0.248 e. The minimum absolute atomic E-state index is 0. The third kappa shape index (κ3) is 5.43. The molecule has 3 nitrogen and oxygen atoms in total. The van der Waals surface area contributed by atoms with Crippen LogP contribution in [0.4, 0.5) is 10.1 Å². The van der Waals surface area contributed by atoms with Crippen molar-refractivity contribution in [3.63, 3.8) is 0 Å². The summed E-state index contributed by atoms with van der Waals surface area (Å²) in [5.41, 5.74) is 10.6. The summed E-state index contributed by atoms with van der Waals surface area (Å²) in [7, 11) is 0. The fourth-order valence-electron chi connectivity index (χ4n) is 3.16. The Morgan fingerprint density at radius 2 is 1.62 bits per heavy atom. The molecule has 3 aromatic rings. The van der Waals surface area contributed by atoms with Gasteiger partial charge in [0, 0.05) is 12.2 Å². The predicted octanol–water partition coefficient (Wildman–Crippen LogP) is 5.14. The molecule has 29 heavy (non-hydrogen) atoms. The number of carbonyl (C=O) groups excluding carboxylic acids is 1. The molecule has 5 heteroatoms. The van der Waals surface area contributed by atoms with Crippen LogP contribution in [0.3, 0.4) is 0 Å². The summed E-state index contributed by atoms with van der Waals surface area (Å²) >= 11 is 0. The Bertz CT molecular complexity index is 962. The van der Waals surface area contributed by atoms with Crippen LogP contribution in [-0.2, 0) is 11.2 Å². The molecule has 0 aliphatic rings. The first-order valence-electron chi connectivity index (χ1n) is 9.40. The summed E-state index contributed by atoms with van der Waals surface area (Å²) < 4.78 is 14.1. The number of hydrogen-bond acceptors (Lipinski definition) is 2. The van der Waals surface area contributed by atoms with Gasteiger partial charge in [-0.05, 0) is 60.7 Å². The Morgan fingerprint density at radius 3 is 2.28 bits per heavy atom. The molecule has 152 valence electrons. The van der Waals surface area contributed by atoms with E-state index in [0.717, 1.165) is 22.4 Å². The first-order chi connectivity index (χ1) is 13.5. The number of nitrogens with zero attached hydrogens (tertiary/aromatic N) is 1. The van der Waals surface area contributed by atoms with E-state index in [4.69, 9.17) is 5.73 Å². The Balaban J connectivity index is 0.00000300. The van der Waals surface area contributed by atoms with Crippen molar-refractivity contribution in [2.75, 3.05) is 11.4 Å². The van der Waals surface area contributed by atoms with Crippen LogP contribution in [0.2, 0.25) is 0 Å². The van der Waals surface area contributed by atoms with Gasteiger partial charge < -0.3 is 10.6 Å². The minimum atomic E-state index is -0.775. The van der Waals surface area contributed by atoms with Gasteiger partial charge in [0.1, 0.15) is 11.9 Å². The maximum Gasteiger partial charge on any atom is 0.248 e. The zero-order chi connectivity index (χ0) is 20.1. The van der Waals surface area contributed by atoms with Crippen LogP contribution in [0.1, 0.15) is 28.3 Å². The van der Waals surface area contributed by atoms with E-state index in [1.807, 2.05) is 62.4 Å². The number of nitrogens with two attached hydrogens (primary N) is 1. The summed E-state index contributed by atoms with van der Waals surface area (Å²) in [5.74, 6) is -0.465. The molecule has 1 amide bonds. The average molecular weight is 413 g/mol. The van der Waals surface area contributed by atoms with Gasteiger partial charge in [-0.1, -0.05) is 54.6 Å². The summed E-state index contributed by atoms with van der Waals surface area (Å²) in [5, 5.41) is 0. The summed E-state index contributed by atoms with van der Waals surface area (Å²) in [6.45, 7) is 4.39. The molecule has 0 unspecified atom stereocenters. The molecule has 0 aliphatic carbocycles. The highest BCUT2D eigenvalue weighted by atomic mass is 35.5. The van der Waals surface area contributed by atoms with E-state index in [0.29, 0.717) is 18.5 Å². The standard InChI is InChI=1S/C24H25FN2O.ClH/c1-17-12-13-21(16-18(17)2)27(15-14-19-8-6-7-11-22(19)25)24(28)23(26)20-9-4-3-5-10-20;/h3-13,16,23H,14-15,26H2,1-2H3;1H/t23-;/m0./s1. The molecule has 0 saturated heterocycles. The molecule has 0 fully saturated rings. The van der Waals surface area contributed by atoms with Gasteiger partial charge in [0.15, 0.2) is 0 Å². The number of rotatable bonds is 6. The van der Waals surface area contributed by atoms with E-state index >= 15 is 0 Å². The average Bonchev–Trinajstić information content (AvgIpc) is 2.72. The molecule has 3 aromatic carbocycles. The molecule has 1 atom stereocenters. The third-order valence-electron chi connectivity index (χ3n) is 5.06. The number of hydrogen-bond donors (Lipinski definition) is 1. The van der Waals surface area contributed by atoms with Crippen molar-refractivity contribution in [2.24, 2.45) is 5.73 Å². The molecule has 0 spiro atoms.